The first-order valence-electron chi connectivity index (χ1n) is 6.74. The van der Waals surface area contributed by atoms with Gasteiger partial charge in [-0.05, 0) is 38.0 Å². The van der Waals surface area contributed by atoms with Crippen LogP contribution < -0.4 is 10.6 Å². The summed E-state index contributed by atoms with van der Waals surface area (Å²) in [4.78, 5) is 23.2. The molecular formula is C15H22N2O3. The van der Waals surface area contributed by atoms with Crippen LogP contribution in [0, 0.1) is 6.92 Å². The number of amides is 2. The molecule has 0 saturated heterocycles. The molecule has 5 heteroatoms. The van der Waals surface area contributed by atoms with Crippen molar-refractivity contribution >= 4 is 23.2 Å². The smallest absolute Gasteiger partial charge is 0.253 e. The molecule has 110 valence electrons. The summed E-state index contributed by atoms with van der Waals surface area (Å²) in [5, 5.41) is 5.48. The molecule has 0 aliphatic heterocycles. The first-order valence-corrected chi connectivity index (χ1v) is 6.74. The molecular weight excluding hydrogens is 256 g/mol. The van der Waals surface area contributed by atoms with Gasteiger partial charge in [0, 0.05) is 13.5 Å². The third kappa shape index (κ3) is 5.01. The van der Waals surface area contributed by atoms with Gasteiger partial charge in [-0.15, -0.1) is 0 Å². The van der Waals surface area contributed by atoms with Crippen LogP contribution >= 0.6 is 0 Å². The lowest BCUT2D eigenvalue weighted by molar-refractivity contribution is -0.126. The van der Waals surface area contributed by atoms with Gasteiger partial charge in [-0.3, -0.25) is 9.59 Å². The molecule has 20 heavy (non-hydrogen) atoms. The molecule has 1 aromatic rings. The maximum Gasteiger partial charge on any atom is 0.253 e. The van der Waals surface area contributed by atoms with E-state index in [4.69, 9.17) is 4.74 Å². The van der Waals surface area contributed by atoms with Crippen LogP contribution in [0.4, 0.5) is 11.4 Å². The van der Waals surface area contributed by atoms with Crippen LogP contribution in [0.5, 0.6) is 0 Å². The molecule has 1 atom stereocenters. The molecule has 0 radical (unpaired) electrons. The number of anilines is 2. The zero-order valence-corrected chi connectivity index (χ0v) is 12.4. The second kappa shape index (κ2) is 7.65. The normalized spacial score (nSPS) is 11.8. The summed E-state index contributed by atoms with van der Waals surface area (Å²) in [6.45, 7) is 7.59. The molecule has 0 aliphatic carbocycles. The lowest BCUT2D eigenvalue weighted by Gasteiger charge is -2.16. The zero-order chi connectivity index (χ0) is 15.1. The van der Waals surface area contributed by atoms with Gasteiger partial charge >= 0.3 is 0 Å². The Hall–Kier alpha value is -1.88. The Labute approximate surface area is 119 Å². The highest BCUT2D eigenvalue weighted by molar-refractivity contribution is 6.00. The maximum absolute atomic E-state index is 12.0. The molecule has 0 saturated carbocycles. The number of carbonyl (C=O) groups excluding carboxylic acids is 2. The summed E-state index contributed by atoms with van der Waals surface area (Å²) < 4.78 is 5.38. The SMILES string of the molecule is CCCOC(C)C(=O)Nc1cc(C)ccc1NC(C)=O. The van der Waals surface area contributed by atoms with Gasteiger partial charge in [0.2, 0.25) is 5.91 Å². The molecule has 0 aromatic heterocycles. The number of aryl methyl sites for hydroxylation is 1. The standard InChI is InChI=1S/C15H22N2O3/c1-5-8-20-11(3)15(19)17-14-9-10(2)6-7-13(14)16-12(4)18/h6-7,9,11H,5,8H2,1-4H3,(H,16,18)(H,17,19). The highest BCUT2D eigenvalue weighted by atomic mass is 16.5. The molecule has 0 bridgehead atoms. The third-order valence-electron chi connectivity index (χ3n) is 2.68. The number of hydrogen-bond donors (Lipinski definition) is 2. The van der Waals surface area contributed by atoms with Crippen LogP contribution in [0.15, 0.2) is 18.2 Å². The fourth-order valence-electron chi connectivity index (χ4n) is 1.66. The molecule has 5 nitrogen and oxygen atoms in total. The molecule has 1 aromatic carbocycles. The predicted molar refractivity (Wildman–Crippen MR) is 79.8 cm³/mol. The Bertz CT molecular complexity index is 486. The van der Waals surface area contributed by atoms with Crippen LogP contribution in [0.25, 0.3) is 0 Å². The van der Waals surface area contributed by atoms with Crippen molar-refractivity contribution in [3.63, 3.8) is 0 Å². The Balaban J connectivity index is 2.81. The van der Waals surface area contributed by atoms with Crippen molar-refractivity contribution in [2.75, 3.05) is 17.2 Å². The van der Waals surface area contributed by atoms with Gasteiger partial charge in [-0.25, -0.2) is 0 Å². The quantitative estimate of drug-likeness (QED) is 0.840. The Morgan fingerprint density at radius 3 is 2.55 bits per heavy atom. The van der Waals surface area contributed by atoms with Gasteiger partial charge in [0.15, 0.2) is 0 Å². The molecule has 0 spiro atoms. The number of hydrogen-bond acceptors (Lipinski definition) is 3. The number of carbonyl (C=O) groups is 2. The van der Waals surface area contributed by atoms with E-state index in [2.05, 4.69) is 10.6 Å². The molecule has 1 unspecified atom stereocenters. The van der Waals surface area contributed by atoms with Crippen LogP contribution in [0.2, 0.25) is 0 Å². The van der Waals surface area contributed by atoms with E-state index in [0.717, 1.165) is 12.0 Å². The van der Waals surface area contributed by atoms with E-state index < -0.39 is 6.10 Å². The fourth-order valence-corrected chi connectivity index (χ4v) is 1.66. The van der Waals surface area contributed by atoms with Crippen LogP contribution in [0.1, 0.15) is 32.8 Å². The van der Waals surface area contributed by atoms with Crippen molar-refractivity contribution < 1.29 is 14.3 Å². The molecule has 0 heterocycles. The zero-order valence-electron chi connectivity index (χ0n) is 12.4. The van der Waals surface area contributed by atoms with E-state index >= 15 is 0 Å². The topological polar surface area (TPSA) is 67.4 Å². The molecule has 0 aliphatic rings. The number of rotatable bonds is 6. The molecule has 1 rings (SSSR count). The van der Waals surface area contributed by atoms with E-state index in [1.807, 2.05) is 26.0 Å². The maximum atomic E-state index is 12.0. The van der Waals surface area contributed by atoms with E-state index in [9.17, 15) is 9.59 Å². The van der Waals surface area contributed by atoms with Gasteiger partial charge in [-0.2, -0.15) is 0 Å². The highest BCUT2D eigenvalue weighted by Gasteiger charge is 2.15. The predicted octanol–water partition coefficient (Wildman–Crippen LogP) is 2.71. The van der Waals surface area contributed by atoms with Gasteiger partial charge in [-0.1, -0.05) is 13.0 Å². The van der Waals surface area contributed by atoms with Crippen molar-refractivity contribution in [3.05, 3.63) is 23.8 Å². The number of benzene rings is 1. The fraction of sp³-hybridized carbons (Fsp3) is 0.467. The monoisotopic (exact) mass is 278 g/mol. The van der Waals surface area contributed by atoms with Crippen LogP contribution in [0.3, 0.4) is 0 Å². The van der Waals surface area contributed by atoms with E-state index in [-0.39, 0.29) is 11.8 Å². The molecule has 0 fully saturated rings. The van der Waals surface area contributed by atoms with Gasteiger partial charge < -0.3 is 15.4 Å². The molecule has 2 N–H and O–H groups in total. The first kappa shape index (κ1) is 16.2. The van der Waals surface area contributed by atoms with Crippen LogP contribution in [-0.2, 0) is 14.3 Å². The van der Waals surface area contributed by atoms with E-state index in [0.29, 0.717) is 18.0 Å². The van der Waals surface area contributed by atoms with Gasteiger partial charge in [0.1, 0.15) is 6.10 Å². The Morgan fingerprint density at radius 2 is 1.95 bits per heavy atom. The minimum Gasteiger partial charge on any atom is -0.369 e. The van der Waals surface area contributed by atoms with Crippen molar-refractivity contribution in [1.82, 2.24) is 0 Å². The largest absolute Gasteiger partial charge is 0.369 e. The van der Waals surface area contributed by atoms with Gasteiger partial charge in [0.25, 0.3) is 5.91 Å². The summed E-state index contributed by atoms with van der Waals surface area (Å²) >= 11 is 0. The average molecular weight is 278 g/mol. The summed E-state index contributed by atoms with van der Waals surface area (Å²) in [6, 6.07) is 5.46. The summed E-state index contributed by atoms with van der Waals surface area (Å²) in [5.74, 6) is -0.407. The van der Waals surface area contributed by atoms with E-state index in [1.54, 1.807) is 13.0 Å². The average Bonchev–Trinajstić information content (AvgIpc) is 2.38. The van der Waals surface area contributed by atoms with E-state index in [1.165, 1.54) is 6.92 Å². The Morgan fingerprint density at radius 1 is 1.25 bits per heavy atom. The lowest BCUT2D eigenvalue weighted by atomic mass is 10.2. The highest BCUT2D eigenvalue weighted by Crippen LogP contribution is 2.23. The lowest BCUT2D eigenvalue weighted by Crippen LogP contribution is -2.28. The van der Waals surface area contributed by atoms with Crippen molar-refractivity contribution in [3.8, 4) is 0 Å². The molecule has 2 amide bonds. The third-order valence-corrected chi connectivity index (χ3v) is 2.68. The number of nitrogens with one attached hydrogen (secondary N) is 2. The van der Waals surface area contributed by atoms with Crippen molar-refractivity contribution in [2.24, 2.45) is 0 Å². The first-order chi connectivity index (χ1) is 9.43. The summed E-state index contributed by atoms with van der Waals surface area (Å²) in [6.07, 6.45) is 0.333. The summed E-state index contributed by atoms with van der Waals surface area (Å²) in [5.41, 5.74) is 2.16. The van der Waals surface area contributed by atoms with Crippen molar-refractivity contribution in [2.45, 2.75) is 40.2 Å². The minimum absolute atomic E-state index is 0.181. The second-order valence-electron chi connectivity index (χ2n) is 4.73. The van der Waals surface area contributed by atoms with Crippen LogP contribution in [-0.4, -0.2) is 24.5 Å². The van der Waals surface area contributed by atoms with Crippen molar-refractivity contribution in [1.29, 1.82) is 0 Å². The number of ether oxygens (including phenoxy) is 1. The van der Waals surface area contributed by atoms with Gasteiger partial charge in [0.05, 0.1) is 11.4 Å². The Kier molecular flexibility index (Phi) is 6.18. The minimum atomic E-state index is -0.527. The summed E-state index contributed by atoms with van der Waals surface area (Å²) in [7, 11) is 0. The second-order valence-corrected chi connectivity index (χ2v) is 4.73.